The molecule has 3 atom stereocenters. The molecule has 3 fully saturated rings. The van der Waals surface area contributed by atoms with Crippen LogP contribution in [0.25, 0.3) is 0 Å². The van der Waals surface area contributed by atoms with Crippen LogP contribution in [-0.2, 0) is 0 Å². The predicted octanol–water partition coefficient (Wildman–Crippen LogP) is 3.14. The quantitative estimate of drug-likeness (QED) is 0.898. The monoisotopic (exact) mass is 270 g/mol. The third-order valence-corrected chi connectivity index (χ3v) is 7.86. The molecule has 1 N–H and O–H groups in total. The van der Waals surface area contributed by atoms with Gasteiger partial charge in [-0.3, -0.25) is 4.79 Å². The lowest BCUT2D eigenvalue weighted by Gasteiger charge is -2.67. The lowest BCUT2D eigenvalue weighted by Crippen LogP contribution is -2.64. The van der Waals surface area contributed by atoms with Crippen molar-refractivity contribution in [1.82, 2.24) is 10.2 Å². The molecular weight excluding hydrogens is 252 g/mol. The SMILES string of the molecule is CC1CCC2CC1(Sc1n[nH]c(=O)s1)C2(C)C. The molecule has 0 aliphatic heterocycles. The summed E-state index contributed by atoms with van der Waals surface area (Å²) < 4.78 is 1.21. The van der Waals surface area contributed by atoms with Gasteiger partial charge in [0.2, 0.25) is 0 Å². The summed E-state index contributed by atoms with van der Waals surface area (Å²) in [5, 5.41) is 6.65. The van der Waals surface area contributed by atoms with E-state index in [1.54, 1.807) is 0 Å². The summed E-state index contributed by atoms with van der Waals surface area (Å²) in [6.07, 6.45) is 3.98. The van der Waals surface area contributed by atoms with Crippen LogP contribution in [0.15, 0.2) is 9.13 Å². The molecule has 0 aromatic carbocycles. The van der Waals surface area contributed by atoms with E-state index in [1.807, 2.05) is 11.8 Å². The summed E-state index contributed by atoms with van der Waals surface area (Å²) in [5.41, 5.74) is 0.379. The Morgan fingerprint density at radius 2 is 2.24 bits per heavy atom. The summed E-state index contributed by atoms with van der Waals surface area (Å²) in [6.45, 7) is 7.14. The minimum atomic E-state index is -0.0407. The van der Waals surface area contributed by atoms with Gasteiger partial charge in [-0.1, -0.05) is 32.5 Å². The largest absolute Gasteiger partial charge is 0.323 e. The molecule has 1 aromatic rings. The van der Waals surface area contributed by atoms with Crippen LogP contribution in [-0.4, -0.2) is 14.9 Å². The Labute approximate surface area is 109 Å². The van der Waals surface area contributed by atoms with Crippen LogP contribution in [0.5, 0.6) is 0 Å². The van der Waals surface area contributed by atoms with Gasteiger partial charge in [0.15, 0.2) is 4.34 Å². The highest BCUT2D eigenvalue weighted by molar-refractivity contribution is 8.02. The van der Waals surface area contributed by atoms with E-state index in [2.05, 4.69) is 31.0 Å². The molecule has 3 nitrogen and oxygen atoms in total. The lowest BCUT2D eigenvalue weighted by atomic mass is 9.45. The topological polar surface area (TPSA) is 45.8 Å². The molecule has 3 aliphatic rings. The molecule has 0 radical (unpaired) electrons. The molecule has 2 bridgehead atoms. The number of aromatic amines is 1. The van der Waals surface area contributed by atoms with Gasteiger partial charge >= 0.3 is 4.87 Å². The van der Waals surface area contributed by atoms with Crippen LogP contribution < -0.4 is 4.87 Å². The van der Waals surface area contributed by atoms with Crippen LogP contribution in [0.4, 0.5) is 0 Å². The second-order valence-electron chi connectivity index (χ2n) is 5.97. The van der Waals surface area contributed by atoms with Crippen LogP contribution in [0, 0.1) is 17.3 Å². The molecule has 5 heteroatoms. The maximum atomic E-state index is 11.2. The van der Waals surface area contributed by atoms with Crippen molar-refractivity contribution in [2.45, 2.75) is 49.1 Å². The van der Waals surface area contributed by atoms with E-state index in [4.69, 9.17) is 0 Å². The predicted molar refractivity (Wildman–Crippen MR) is 71.6 cm³/mol. The number of hydrogen-bond donors (Lipinski definition) is 1. The Kier molecular flexibility index (Phi) is 2.50. The van der Waals surface area contributed by atoms with Crippen molar-refractivity contribution >= 4 is 23.1 Å². The van der Waals surface area contributed by atoms with Crippen molar-refractivity contribution in [3.05, 3.63) is 9.67 Å². The standard InChI is InChI=1S/C12H18N2OS2/c1-7-4-5-8-6-12(7,11(8,2)3)17-10-14-13-9(15)16-10/h7-8H,4-6H2,1-3H3,(H,13,15). The van der Waals surface area contributed by atoms with Crippen LogP contribution >= 0.6 is 23.1 Å². The second-order valence-corrected chi connectivity index (χ2v) is 8.51. The Morgan fingerprint density at radius 3 is 2.76 bits per heavy atom. The zero-order valence-electron chi connectivity index (χ0n) is 10.4. The average Bonchev–Trinajstić information content (AvgIpc) is 2.66. The first-order valence-electron chi connectivity index (χ1n) is 6.20. The number of hydrogen-bond acceptors (Lipinski definition) is 4. The van der Waals surface area contributed by atoms with E-state index >= 15 is 0 Å². The Hall–Kier alpha value is -0.290. The normalized spacial score (nSPS) is 38.8. The number of thioether (sulfide) groups is 1. The van der Waals surface area contributed by atoms with Gasteiger partial charge in [0.1, 0.15) is 0 Å². The van der Waals surface area contributed by atoms with E-state index in [1.165, 1.54) is 30.6 Å². The fraction of sp³-hybridized carbons (Fsp3) is 0.833. The molecular formula is C12H18N2OS2. The first kappa shape index (κ1) is 11.8. The van der Waals surface area contributed by atoms with Gasteiger partial charge in [0.05, 0.1) is 0 Å². The number of nitrogens with zero attached hydrogens (tertiary/aromatic N) is 1. The third-order valence-electron chi connectivity index (χ3n) is 5.09. The maximum absolute atomic E-state index is 11.2. The highest BCUT2D eigenvalue weighted by atomic mass is 32.2. The van der Waals surface area contributed by atoms with Gasteiger partial charge in [-0.25, -0.2) is 5.10 Å². The minimum Gasteiger partial charge on any atom is -0.255 e. The first-order chi connectivity index (χ1) is 7.96. The lowest BCUT2D eigenvalue weighted by molar-refractivity contribution is -0.0688. The number of aromatic nitrogens is 2. The Morgan fingerprint density at radius 1 is 1.47 bits per heavy atom. The Balaban J connectivity index is 1.92. The second kappa shape index (κ2) is 3.60. The summed E-state index contributed by atoms with van der Waals surface area (Å²) >= 11 is 3.09. The van der Waals surface area contributed by atoms with Gasteiger partial charge < -0.3 is 0 Å². The first-order valence-corrected chi connectivity index (χ1v) is 7.83. The smallest absolute Gasteiger partial charge is 0.255 e. The molecule has 4 rings (SSSR count). The van der Waals surface area contributed by atoms with Crippen molar-refractivity contribution in [2.24, 2.45) is 17.3 Å². The van der Waals surface area contributed by atoms with Crippen molar-refractivity contribution in [3.8, 4) is 0 Å². The van der Waals surface area contributed by atoms with Crippen molar-refractivity contribution < 1.29 is 0 Å². The summed E-state index contributed by atoms with van der Waals surface area (Å²) in [5.74, 6) is 1.58. The zero-order valence-corrected chi connectivity index (χ0v) is 12.1. The van der Waals surface area contributed by atoms with E-state index < -0.39 is 0 Å². The van der Waals surface area contributed by atoms with E-state index in [0.717, 1.165) is 10.3 Å². The molecule has 17 heavy (non-hydrogen) atoms. The van der Waals surface area contributed by atoms with Gasteiger partial charge in [-0.15, -0.1) is 0 Å². The summed E-state index contributed by atoms with van der Waals surface area (Å²) in [4.78, 5) is 11.1. The summed E-state index contributed by atoms with van der Waals surface area (Å²) in [7, 11) is 0. The van der Waals surface area contributed by atoms with Crippen LogP contribution in [0.2, 0.25) is 0 Å². The van der Waals surface area contributed by atoms with E-state index in [0.29, 0.717) is 16.1 Å². The highest BCUT2D eigenvalue weighted by Crippen LogP contribution is 2.70. The van der Waals surface area contributed by atoms with Crippen LogP contribution in [0.3, 0.4) is 0 Å². The van der Waals surface area contributed by atoms with Gasteiger partial charge in [-0.2, -0.15) is 5.10 Å². The molecule has 94 valence electrons. The average molecular weight is 270 g/mol. The highest BCUT2D eigenvalue weighted by Gasteiger charge is 2.65. The molecule has 3 saturated carbocycles. The molecule has 0 saturated heterocycles. The fourth-order valence-corrected chi connectivity index (χ4v) is 6.39. The van der Waals surface area contributed by atoms with Gasteiger partial charge in [0, 0.05) is 4.75 Å². The number of nitrogens with one attached hydrogen (secondary N) is 1. The fourth-order valence-electron chi connectivity index (χ4n) is 3.77. The number of fused-ring (bicyclic) bond motifs is 2. The molecule has 1 heterocycles. The zero-order chi connectivity index (χ0) is 12.3. The molecule has 3 unspecified atom stereocenters. The van der Waals surface area contributed by atoms with E-state index in [-0.39, 0.29) is 4.87 Å². The van der Waals surface area contributed by atoms with E-state index in [9.17, 15) is 4.79 Å². The van der Waals surface area contributed by atoms with Crippen molar-refractivity contribution in [3.63, 3.8) is 0 Å². The van der Waals surface area contributed by atoms with Crippen LogP contribution in [0.1, 0.15) is 40.0 Å². The Bertz CT molecular complexity index is 493. The third kappa shape index (κ3) is 1.48. The van der Waals surface area contributed by atoms with Crippen molar-refractivity contribution in [1.29, 1.82) is 0 Å². The van der Waals surface area contributed by atoms with Gasteiger partial charge in [-0.05, 0) is 47.9 Å². The molecule has 0 amide bonds. The maximum Gasteiger partial charge on any atom is 0.323 e. The summed E-state index contributed by atoms with van der Waals surface area (Å²) in [6, 6.07) is 0. The van der Waals surface area contributed by atoms with Crippen molar-refractivity contribution in [2.75, 3.05) is 0 Å². The number of rotatable bonds is 2. The molecule has 3 aliphatic carbocycles. The molecule has 0 spiro atoms. The minimum absolute atomic E-state index is 0.0407. The molecule has 1 aromatic heterocycles. The van der Waals surface area contributed by atoms with Gasteiger partial charge in [0.25, 0.3) is 0 Å². The number of H-pyrrole nitrogens is 1.